The molecule has 3 heterocycles. The fourth-order valence-electron chi connectivity index (χ4n) is 4.05. The first-order valence-electron chi connectivity index (χ1n) is 10.5. The van der Waals surface area contributed by atoms with Gasteiger partial charge in [-0.05, 0) is 31.5 Å². The molecule has 0 radical (unpaired) electrons. The van der Waals surface area contributed by atoms with Crippen molar-refractivity contribution < 1.29 is 9.59 Å². The first-order valence-corrected chi connectivity index (χ1v) is 10.5. The molecule has 1 unspecified atom stereocenters. The topological polar surface area (TPSA) is 85.1 Å². The molecule has 1 fully saturated rings. The molecule has 4 rings (SSSR count). The molecule has 1 aliphatic heterocycles. The van der Waals surface area contributed by atoms with E-state index in [1.54, 1.807) is 11.1 Å². The Morgan fingerprint density at radius 1 is 1.23 bits per heavy atom. The molecule has 0 spiro atoms. The van der Waals surface area contributed by atoms with Gasteiger partial charge in [-0.1, -0.05) is 12.1 Å². The van der Waals surface area contributed by atoms with Crippen molar-refractivity contribution in [3.63, 3.8) is 0 Å². The maximum absolute atomic E-state index is 12.6. The molecule has 1 atom stereocenters. The van der Waals surface area contributed by atoms with Crippen molar-refractivity contribution in [1.82, 2.24) is 29.5 Å². The molecule has 1 N–H and O–H groups in total. The largest absolute Gasteiger partial charge is 0.355 e. The van der Waals surface area contributed by atoms with Crippen LogP contribution in [-0.2, 0) is 29.6 Å². The predicted octanol–water partition coefficient (Wildman–Crippen LogP) is 1.68. The first kappa shape index (κ1) is 20.1. The van der Waals surface area contributed by atoms with Crippen LogP contribution in [0, 0.1) is 12.8 Å². The number of nitrogens with zero attached hydrogens (tertiary/aromatic N) is 5. The molecule has 8 nitrogen and oxygen atoms in total. The Balaban J connectivity index is 1.23. The van der Waals surface area contributed by atoms with Gasteiger partial charge in [-0.3, -0.25) is 14.3 Å². The van der Waals surface area contributed by atoms with E-state index in [9.17, 15) is 9.59 Å². The number of imidazole rings is 1. The SMILES string of the molecule is Cc1ccnn1CCC(=O)N1CCC(C(=O)NCCc2nc3ccccc3n2C)C1. The maximum Gasteiger partial charge on any atom is 0.224 e. The number of aromatic nitrogens is 4. The lowest BCUT2D eigenvalue weighted by Crippen LogP contribution is -2.35. The van der Waals surface area contributed by atoms with Crippen LogP contribution in [0.1, 0.15) is 24.4 Å². The number of amides is 2. The molecule has 3 aromatic rings. The van der Waals surface area contributed by atoms with E-state index in [4.69, 9.17) is 0 Å². The quantitative estimate of drug-likeness (QED) is 0.645. The number of hydrogen-bond acceptors (Lipinski definition) is 4. The van der Waals surface area contributed by atoms with E-state index in [1.807, 2.05) is 49.0 Å². The molecular formula is C22H28N6O2. The highest BCUT2D eigenvalue weighted by atomic mass is 16.2. The highest BCUT2D eigenvalue weighted by Gasteiger charge is 2.30. The molecular weight excluding hydrogens is 380 g/mol. The third-order valence-electron chi connectivity index (χ3n) is 5.91. The van der Waals surface area contributed by atoms with Crippen molar-refractivity contribution in [2.24, 2.45) is 13.0 Å². The van der Waals surface area contributed by atoms with Crippen LogP contribution in [0.15, 0.2) is 36.5 Å². The number of fused-ring (bicyclic) bond motifs is 1. The van der Waals surface area contributed by atoms with Gasteiger partial charge in [0.05, 0.1) is 17.0 Å². The van der Waals surface area contributed by atoms with Crippen LogP contribution in [-0.4, -0.2) is 55.7 Å². The van der Waals surface area contributed by atoms with Crippen LogP contribution in [0.4, 0.5) is 0 Å². The van der Waals surface area contributed by atoms with E-state index in [0.29, 0.717) is 45.4 Å². The van der Waals surface area contributed by atoms with Crippen LogP contribution >= 0.6 is 0 Å². The van der Waals surface area contributed by atoms with E-state index in [1.165, 1.54) is 0 Å². The summed E-state index contributed by atoms with van der Waals surface area (Å²) in [5.74, 6) is 0.918. The summed E-state index contributed by atoms with van der Waals surface area (Å²) >= 11 is 0. The van der Waals surface area contributed by atoms with Gasteiger partial charge < -0.3 is 14.8 Å². The van der Waals surface area contributed by atoms with Gasteiger partial charge in [-0.15, -0.1) is 0 Å². The molecule has 0 aliphatic carbocycles. The van der Waals surface area contributed by atoms with Crippen LogP contribution in [0.25, 0.3) is 11.0 Å². The number of para-hydroxylation sites is 2. The lowest BCUT2D eigenvalue weighted by atomic mass is 10.1. The zero-order valence-corrected chi connectivity index (χ0v) is 17.5. The molecule has 2 amide bonds. The van der Waals surface area contributed by atoms with Gasteiger partial charge in [-0.25, -0.2) is 4.98 Å². The van der Waals surface area contributed by atoms with E-state index in [2.05, 4.69) is 20.0 Å². The average molecular weight is 409 g/mol. The Bertz CT molecular complexity index is 1050. The van der Waals surface area contributed by atoms with Gasteiger partial charge in [0.1, 0.15) is 5.82 Å². The van der Waals surface area contributed by atoms with Crippen molar-refractivity contribution in [2.45, 2.75) is 32.7 Å². The van der Waals surface area contributed by atoms with Gasteiger partial charge in [0.15, 0.2) is 0 Å². The first-order chi connectivity index (χ1) is 14.5. The second-order valence-electron chi connectivity index (χ2n) is 7.89. The highest BCUT2D eigenvalue weighted by molar-refractivity contribution is 5.82. The Morgan fingerprint density at radius 3 is 2.83 bits per heavy atom. The lowest BCUT2D eigenvalue weighted by Gasteiger charge is -2.17. The van der Waals surface area contributed by atoms with E-state index < -0.39 is 0 Å². The van der Waals surface area contributed by atoms with E-state index in [0.717, 1.165) is 22.6 Å². The average Bonchev–Trinajstić information content (AvgIpc) is 3.46. The number of benzene rings is 1. The summed E-state index contributed by atoms with van der Waals surface area (Å²) in [6.45, 7) is 4.22. The summed E-state index contributed by atoms with van der Waals surface area (Å²) in [6.07, 6.45) is 3.54. The third-order valence-corrected chi connectivity index (χ3v) is 5.91. The number of rotatable bonds is 7. The number of nitrogens with one attached hydrogen (secondary N) is 1. The summed E-state index contributed by atoms with van der Waals surface area (Å²) in [6, 6.07) is 9.94. The van der Waals surface area contributed by atoms with Crippen molar-refractivity contribution in [2.75, 3.05) is 19.6 Å². The normalized spacial score (nSPS) is 16.3. The van der Waals surface area contributed by atoms with Gasteiger partial charge in [-0.2, -0.15) is 5.10 Å². The fraction of sp³-hybridized carbons (Fsp3) is 0.455. The van der Waals surface area contributed by atoms with Gasteiger partial charge >= 0.3 is 0 Å². The molecule has 1 aromatic carbocycles. The minimum absolute atomic E-state index is 0.0204. The van der Waals surface area contributed by atoms with E-state index >= 15 is 0 Å². The Kier molecular flexibility index (Phi) is 5.83. The van der Waals surface area contributed by atoms with Crippen LogP contribution < -0.4 is 5.32 Å². The Hall–Kier alpha value is -3.16. The molecule has 0 saturated carbocycles. The molecule has 8 heteroatoms. The van der Waals surface area contributed by atoms with E-state index in [-0.39, 0.29) is 17.7 Å². The smallest absolute Gasteiger partial charge is 0.224 e. The van der Waals surface area contributed by atoms with Crippen molar-refractivity contribution in [3.05, 3.63) is 48.0 Å². The van der Waals surface area contributed by atoms with Gasteiger partial charge in [0.25, 0.3) is 0 Å². The summed E-state index contributed by atoms with van der Waals surface area (Å²) < 4.78 is 3.90. The van der Waals surface area contributed by atoms with Crippen LogP contribution in [0.2, 0.25) is 0 Å². The summed E-state index contributed by atoms with van der Waals surface area (Å²) in [5.41, 5.74) is 3.10. The second-order valence-corrected chi connectivity index (χ2v) is 7.89. The monoisotopic (exact) mass is 408 g/mol. The Morgan fingerprint density at radius 2 is 2.07 bits per heavy atom. The maximum atomic E-state index is 12.6. The second kappa shape index (κ2) is 8.69. The number of likely N-dealkylation sites (tertiary alicyclic amines) is 1. The number of aryl methyl sites for hydroxylation is 3. The van der Waals surface area contributed by atoms with Crippen LogP contribution in [0.5, 0.6) is 0 Å². The van der Waals surface area contributed by atoms with Gasteiger partial charge in [0, 0.05) is 58.0 Å². The van der Waals surface area contributed by atoms with Crippen molar-refractivity contribution in [1.29, 1.82) is 0 Å². The zero-order valence-electron chi connectivity index (χ0n) is 17.5. The number of hydrogen-bond donors (Lipinski definition) is 1. The summed E-state index contributed by atoms with van der Waals surface area (Å²) in [5, 5.41) is 7.23. The standard InChI is InChI=1S/C22H28N6O2/c1-16-7-12-24-28(16)14-10-21(29)27-13-9-17(15-27)22(30)23-11-8-20-25-18-5-3-4-6-19(18)26(20)2/h3-7,12,17H,8-11,13-15H2,1-2H3,(H,23,30). The minimum atomic E-state index is -0.138. The fourth-order valence-corrected chi connectivity index (χ4v) is 4.05. The molecule has 0 bridgehead atoms. The molecule has 1 aliphatic rings. The minimum Gasteiger partial charge on any atom is -0.355 e. The van der Waals surface area contributed by atoms with Crippen molar-refractivity contribution in [3.8, 4) is 0 Å². The van der Waals surface area contributed by atoms with Crippen molar-refractivity contribution >= 4 is 22.8 Å². The van der Waals surface area contributed by atoms with Crippen LogP contribution in [0.3, 0.4) is 0 Å². The zero-order chi connectivity index (χ0) is 21.1. The molecule has 1 saturated heterocycles. The number of carbonyl (C=O) groups excluding carboxylic acids is 2. The number of carbonyl (C=O) groups is 2. The lowest BCUT2D eigenvalue weighted by molar-refractivity contribution is -0.131. The molecule has 158 valence electrons. The summed E-state index contributed by atoms with van der Waals surface area (Å²) in [4.78, 5) is 31.5. The Labute approximate surface area is 175 Å². The summed E-state index contributed by atoms with van der Waals surface area (Å²) in [7, 11) is 2.00. The van der Waals surface area contributed by atoms with Gasteiger partial charge in [0.2, 0.25) is 11.8 Å². The molecule has 30 heavy (non-hydrogen) atoms. The highest BCUT2D eigenvalue weighted by Crippen LogP contribution is 2.18. The predicted molar refractivity (Wildman–Crippen MR) is 114 cm³/mol. The molecule has 2 aromatic heterocycles. The third kappa shape index (κ3) is 4.22.